The van der Waals surface area contributed by atoms with Gasteiger partial charge in [0.2, 0.25) is 5.91 Å². The molecule has 2 aromatic heterocycles. The van der Waals surface area contributed by atoms with Gasteiger partial charge in [-0.2, -0.15) is 5.10 Å². The third-order valence-electron chi connectivity index (χ3n) is 3.59. The van der Waals surface area contributed by atoms with Crippen molar-refractivity contribution in [2.45, 2.75) is 6.92 Å². The Morgan fingerprint density at radius 1 is 1.16 bits per heavy atom. The second-order valence-corrected chi connectivity index (χ2v) is 5.42. The van der Waals surface area contributed by atoms with Crippen LogP contribution in [-0.4, -0.2) is 33.1 Å². The highest BCUT2D eigenvalue weighted by Gasteiger charge is 2.09. The Kier molecular flexibility index (Phi) is 4.84. The number of pyridine rings is 1. The van der Waals surface area contributed by atoms with E-state index in [1.807, 2.05) is 37.4 Å². The highest BCUT2D eigenvalue weighted by Crippen LogP contribution is 2.18. The first-order valence-corrected chi connectivity index (χ1v) is 7.72. The predicted molar refractivity (Wildman–Crippen MR) is 93.5 cm³/mol. The van der Waals surface area contributed by atoms with Crippen molar-refractivity contribution in [3.05, 3.63) is 72.3 Å². The van der Waals surface area contributed by atoms with E-state index in [2.05, 4.69) is 20.7 Å². The van der Waals surface area contributed by atoms with E-state index in [4.69, 9.17) is 0 Å². The molecule has 0 saturated carbocycles. The molecule has 3 aromatic rings. The number of nitrogens with zero attached hydrogens (tertiary/aromatic N) is 3. The largest absolute Gasteiger partial charge is 0.343 e. The molecule has 0 radical (unpaired) electrons. The van der Waals surface area contributed by atoms with E-state index in [0.29, 0.717) is 11.3 Å². The Morgan fingerprint density at radius 2 is 2.04 bits per heavy atom. The fourth-order valence-electron chi connectivity index (χ4n) is 2.31. The first-order chi connectivity index (χ1) is 12.1. The number of hydrogen-bond acceptors (Lipinski definition) is 4. The summed E-state index contributed by atoms with van der Waals surface area (Å²) >= 11 is 0. The summed E-state index contributed by atoms with van der Waals surface area (Å²) < 4.78 is 1.74. The van der Waals surface area contributed by atoms with Crippen molar-refractivity contribution in [3.63, 3.8) is 0 Å². The molecule has 7 nitrogen and oxygen atoms in total. The smallest absolute Gasteiger partial charge is 0.253 e. The van der Waals surface area contributed by atoms with E-state index in [1.54, 1.807) is 29.2 Å². The zero-order valence-electron chi connectivity index (χ0n) is 13.6. The molecular weight excluding hydrogens is 318 g/mol. The molecule has 0 unspecified atom stereocenters. The third-order valence-corrected chi connectivity index (χ3v) is 3.59. The van der Waals surface area contributed by atoms with Crippen LogP contribution in [0.4, 0.5) is 5.69 Å². The van der Waals surface area contributed by atoms with Gasteiger partial charge in [0.15, 0.2) is 0 Å². The van der Waals surface area contributed by atoms with Crippen LogP contribution in [0.25, 0.3) is 5.69 Å². The molecule has 3 rings (SSSR count). The van der Waals surface area contributed by atoms with Gasteiger partial charge in [-0.1, -0.05) is 0 Å². The molecule has 0 fully saturated rings. The summed E-state index contributed by atoms with van der Waals surface area (Å²) in [6, 6.07) is 10.8. The van der Waals surface area contributed by atoms with Crippen molar-refractivity contribution in [2.75, 3.05) is 11.9 Å². The lowest BCUT2D eigenvalue weighted by molar-refractivity contribution is -0.115. The number of benzene rings is 1. The van der Waals surface area contributed by atoms with Gasteiger partial charge in [0.05, 0.1) is 17.8 Å². The maximum absolute atomic E-state index is 12.1. The van der Waals surface area contributed by atoms with E-state index in [0.717, 1.165) is 11.3 Å². The second-order valence-electron chi connectivity index (χ2n) is 5.42. The minimum Gasteiger partial charge on any atom is -0.343 e. The van der Waals surface area contributed by atoms with Gasteiger partial charge in [-0.25, -0.2) is 4.68 Å². The van der Waals surface area contributed by atoms with Crippen molar-refractivity contribution < 1.29 is 9.59 Å². The van der Waals surface area contributed by atoms with Crippen molar-refractivity contribution in [3.8, 4) is 5.69 Å². The lowest BCUT2D eigenvalue weighted by Crippen LogP contribution is -2.33. The fourth-order valence-corrected chi connectivity index (χ4v) is 2.31. The van der Waals surface area contributed by atoms with Gasteiger partial charge in [0.1, 0.15) is 0 Å². The second kappa shape index (κ2) is 7.39. The van der Waals surface area contributed by atoms with Gasteiger partial charge in [0.25, 0.3) is 5.91 Å². The summed E-state index contributed by atoms with van der Waals surface area (Å²) in [6.45, 7) is 1.78. The van der Waals surface area contributed by atoms with Crippen LogP contribution in [0.15, 0.2) is 61.2 Å². The summed E-state index contributed by atoms with van der Waals surface area (Å²) in [5, 5.41) is 9.53. The van der Waals surface area contributed by atoms with E-state index >= 15 is 0 Å². The average Bonchev–Trinajstić information content (AvgIpc) is 3.17. The number of rotatable bonds is 5. The van der Waals surface area contributed by atoms with Gasteiger partial charge in [-0.05, 0) is 48.9 Å². The van der Waals surface area contributed by atoms with E-state index in [-0.39, 0.29) is 18.4 Å². The molecular formula is C18H17N5O2. The number of amides is 2. The van der Waals surface area contributed by atoms with Crippen LogP contribution in [0.2, 0.25) is 0 Å². The Balaban J connectivity index is 1.59. The standard InChI is InChI=1S/C18H17N5O2/c1-13-10-15(23-9-3-8-21-23)5-6-16(13)22-17(24)12-20-18(25)14-4-2-7-19-11-14/h2-11H,12H2,1H3,(H,20,25)(H,22,24). The van der Waals surface area contributed by atoms with Gasteiger partial charge >= 0.3 is 0 Å². The highest BCUT2D eigenvalue weighted by molar-refractivity contribution is 5.99. The molecule has 2 amide bonds. The van der Waals surface area contributed by atoms with E-state index in [1.165, 1.54) is 6.20 Å². The average molecular weight is 335 g/mol. The number of anilines is 1. The Bertz CT molecular complexity index is 876. The number of carbonyl (C=O) groups excluding carboxylic acids is 2. The SMILES string of the molecule is Cc1cc(-n2cccn2)ccc1NC(=O)CNC(=O)c1cccnc1. The zero-order valence-corrected chi connectivity index (χ0v) is 13.6. The molecule has 0 spiro atoms. The summed E-state index contributed by atoms with van der Waals surface area (Å²) in [5.74, 6) is -0.638. The summed E-state index contributed by atoms with van der Waals surface area (Å²) in [5.41, 5.74) is 2.91. The molecule has 0 aliphatic rings. The molecule has 2 heterocycles. The molecule has 7 heteroatoms. The van der Waals surface area contributed by atoms with Crippen LogP contribution in [0.5, 0.6) is 0 Å². The number of aryl methyl sites for hydroxylation is 1. The first-order valence-electron chi connectivity index (χ1n) is 7.72. The minimum absolute atomic E-state index is 0.117. The number of hydrogen-bond donors (Lipinski definition) is 2. The summed E-state index contributed by atoms with van der Waals surface area (Å²) in [6.07, 6.45) is 6.58. The van der Waals surface area contributed by atoms with Crippen LogP contribution in [0.1, 0.15) is 15.9 Å². The summed E-state index contributed by atoms with van der Waals surface area (Å²) in [4.78, 5) is 27.8. The van der Waals surface area contributed by atoms with Crippen molar-refractivity contribution in [1.29, 1.82) is 0 Å². The van der Waals surface area contributed by atoms with Crippen molar-refractivity contribution >= 4 is 17.5 Å². The van der Waals surface area contributed by atoms with E-state index in [9.17, 15) is 9.59 Å². The van der Waals surface area contributed by atoms with Crippen molar-refractivity contribution in [2.24, 2.45) is 0 Å². The summed E-state index contributed by atoms with van der Waals surface area (Å²) in [7, 11) is 0. The third kappa shape index (κ3) is 4.08. The van der Waals surface area contributed by atoms with Crippen molar-refractivity contribution in [1.82, 2.24) is 20.1 Å². The van der Waals surface area contributed by atoms with Crippen LogP contribution < -0.4 is 10.6 Å². The van der Waals surface area contributed by atoms with Crippen LogP contribution in [-0.2, 0) is 4.79 Å². The van der Waals surface area contributed by atoms with Gasteiger partial charge in [-0.3, -0.25) is 14.6 Å². The molecule has 0 aliphatic heterocycles. The molecule has 0 aliphatic carbocycles. The number of nitrogens with one attached hydrogen (secondary N) is 2. The van der Waals surface area contributed by atoms with Crippen LogP contribution in [0.3, 0.4) is 0 Å². The molecule has 2 N–H and O–H groups in total. The predicted octanol–water partition coefficient (Wildman–Crippen LogP) is 1.94. The number of aromatic nitrogens is 3. The normalized spacial score (nSPS) is 10.3. The van der Waals surface area contributed by atoms with Gasteiger partial charge in [-0.15, -0.1) is 0 Å². The highest BCUT2D eigenvalue weighted by atomic mass is 16.2. The Morgan fingerprint density at radius 3 is 2.72 bits per heavy atom. The zero-order chi connectivity index (χ0) is 17.6. The van der Waals surface area contributed by atoms with Gasteiger partial charge in [0, 0.05) is 30.5 Å². The maximum Gasteiger partial charge on any atom is 0.253 e. The lowest BCUT2D eigenvalue weighted by atomic mass is 10.1. The topological polar surface area (TPSA) is 88.9 Å². The fraction of sp³-hybridized carbons (Fsp3) is 0.111. The monoisotopic (exact) mass is 335 g/mol. The quantitative estimate of drug-likeness (QED) is 0.746. The molecule has 1 aromatic carbocycles. The maximum atomic E-state index is 12.1. The van der Waals surface area contributed by atoms with Gasteiger partial charge < -0.3 is 10.6 Å². The molecule has 126 valence electrons. The molecule has 0 atom stereocenters. The molecule has 0 saturated heterocycles. The molecule has 0 bridgehead atoms. The number of carbonyl (C=O) groups is 2. The Hall–Kier alpha value is -3.48. The minimum atomic E-state index is -0.339. The molecule has 25 heavy (non-hydrogen) atoms. The van der Waals surface area contributed by atoms with E-state index < -0.39 is 0 Å². The lowest BCUT2D eigenvalue weighted by Gasteiger charge is -2.11. The Labute approximate surface area is 144 Å². The van der Waals surface area contributed by atoms with Crippen LogP contribution >= 0.6 is 0 Å². The first kappa shape index (κ1) is 16.4. The van der Waals surface area contributed by atoms with Crippen LogP contribution in [0, 0.1) is 6.92 Å².